The molecule has 3 atom stereocenters. The van der Waals surface area contributed by atoms with Crippen molar-refractivity contribution in [2.75, 3.05) is 24.0 Å². The number of carbonyl (C=O) groups is 1. The van der Waals surface area contributed by atoms with Crippen molar-refractivity contribution in [3.63, 3.8) is 0 Å². The highest BCUT2D eigenvalue weighted by Crippen LogP contribution is 2.56. The van der Waals surface area contributed by atoms with Crippen molar-refractivity contribution in [3.05, 3.63) is 58.9 Å². The van der Waals surface area contributed by atoms with Crippen LogP contribution in [0.25, 0.3) is 6.08 Å². The van der Waals surface area contributed by atoms with E-state index in [-0.39, 0.29) is 28.6 Å². The monoisotopic (exact) mass is 446 g/mol. The van der Waals surface area contributed by atoms with Gasteiger partial charge in [0.05, 0.1) is 18.0 Å². The van der Waals surface area contributed by atoms with E-state index < -0.39 is 23.1 Å². The van der Waals surface area contributed by atoms with Gasteiger partial charge in [-0.2, -0.15) is 0 Å². The Morgan fingerprint density at radius 2 is 2.13 bits per heavy atom. The zero-order valence-corrected chi connectivity index (χ0v) is 17.7. The second-order valence-corrected chi connectivity index (χ2v) is 8.36. The van der Waals surface area contributed by atoms with Crippen molar-refractivity contribution in [2.45, 2.75) is 19.3 Å². The maximum absolute atomic E-state index is 13.9. The second-order valence-electron chi connectivity index (χ2n) is 7.53. The Morgan fingerprint density at radius 3 is 2.84 bits per heavy atom. The molecule has 2 aromatic rings. The maximum atomic E-state index is 13.9. The van der Waals surface area contributed by atoms with Crippen LogP contribution in [0.2, 0.25) is 0 Å². The first-order valence-corrected chi connectivity index (χ1v) is 11.1. The lowest BCUT2D eigenvalue weighted by Crippen LogP contribution is -2.24. The summed E-state index contributed by atoms with van der Waals surface area (Å²) in [6, 6.07) is 7.04. The molecule has 0 aromatic heterocycles. The molecule has 7 nitrogen and oxygen atoms in total. The number of likely N-dealkylation sites (N-methyl/N-ethyl adjacent to an activating group) is 1. The standard InChI is InChI=1S/C22H23FN2O5S/c1-2-24-9-3-4-13-10-15(23)5-7-18(13)25(31(28)29)19-8-6-16-17-11-14(17)12-30-21(16)20(19)22(26)27/h3-8,10,14,17,24H,2,9,11-12H2,1H3,(H,26,27)(H,28,29). The first kappa shape index (κ1) is 21.5. The molecule has 31 heavy (non-hydrogen) atoms. The molecule has 0 bridgehead atoms. The molecule has 2 aliphatic rings. The van der Waals surface area contributed by atoms with Crippen LogP contribution in [-0.4, -0.2) is 39.5 Å². The Bertz CT molecular complexity index is 1070. The summed E-state index contributed by atoms with van der Waals surface area (Å²) in [5, 5.41) is 13.0. The average molecular weight is 447 g/mol. The van der Waals surface area contributed by atoms with Crippen molar-refractivity contribution in [1.82, 2.24) is 5.32 Å². The van der Waals surface area contributed by atoms with Crippen LogP contribution in [0.1, 0.15) is 40.7 Å². The lowest BCUT2D eigenvalue weighted by atomic mass is 9.99. The molecule has 1 heterocycles. The van der Waals surface area contributed by atoms with Gasteiger partial charge in [0.25, 0.3) is 11.3 Å². The molecule has 0 radical (unpaired) electrons. The van der Waals surface area contributed by atoms with Gasteiger partial charge in [-0.3, -0.25) is 4.55 Å². The van der Waals surface area contributed by atoms with Crippen molar-refractivity contribution in [3.8, 4) is 5.75 Å². The summed E-state index contributed by atoms with van der Waals surface area (Å²) in [6.45, 7) is 3.67. The predicted molar refractivity (Wildman–Crippen MR) is 117 cm³/mol. The van der Waals surface area contributed by atoms with Crippen molar-refractivity contribution >= 4 is 34.7 Å². The van der Waals surface area contributed by atoms with Gasteiger partial charge in [-0.05, 0) is 48.7 Å². The number of hydrogen-bond acceptors (Lipinski definition) is 4. The van der Waals surface area contributed by atoms with E-state index >= 15 is 0 Å². The molecule has 164 valence electrons. The minimum atomic E-state index is -2.61. The van der Waals surface area contributed by atoms with E-state index in [0.29, 0.717) is 24.6 Å². The van der Waals surface area contributed by atoms with Crippen molar-refractivity contribution < 1.29 is 27.8 Å². The summed E-state index contributed by atoms with van der Waals surface area (Å²) in [4.78, 5) is 12.2. The smallest absolute Gasteiger partial charge is 0.341 e. The number of ether oxygens (including phenoxy) is 1. The Morgan fingerprint density at radius 1 is 1.35 bits per heavy atom. The van der Waals surface area contributed by atoms with Gasteiger partial charge in [-0.15, -0.1) is 0 Å². The Labute approximate surface area is 181 Å². The van der Waals surface area contributed by atoms with Gasteiger partial charge in [0.2, 0.25) is 0 Å². The molecule has 4 rings (SSSR count). The van der Waals surface area contributed by atoms with E-state index in [0.717, 1.165) is 22.8 Å². The molecule has 1 saturated carbocycles. The van der Waals surface area contributed by atoms with E-state index in [1.807, 2.05) is 6.92 Å². The lowest BCUT2D eigenvalue weighted by molar-refractivity contribution is 0.0692. The van der Waals surface area contributed by atoms with E-state index in [9.17, 15) is 23.1 Å². The molecular formula is C22H23FN2O5S. The fourth-order valence-electron chi connectivity index (χ4n) is 3.97. The molecule has 2 aromatic carbocycles. The zero-order chi connectivity index (χ0) is 22.1. The van der Waals surface area contributed by atoms with Crippen LogP contribution >= 0.6 is 0 Å². The number of anilines is 2. The third-order valence-corrected chi connectivity index (χ3v) is 6.24. The zero-order valence-electron chi connectivity index (χ0n) is 16.9. The summed E-state index contributed by atoms with van der Waals surface area (Å²) in [5.41, 5.74) is 1.21. The molecule has 1 aliphatic carbocycles. The van der Waals surface area contributed by atoms with E-state index in [1.165, 1.54) is 24.3 Å². The highest BCUT2D eigenvalue weighted by Gasteiger charge is 2.45. The normalized spacial score (nSPS) is 20.0. The van der Waals surface area contributed by atoms with E-state index in [1.54, 1.807) is 18.2 Å². The molecular weight excluding hydrogens is 423 g/mol. The highest BCUT2D eigenvalue weighted by atomic mass is 32.2. The summed E-state index contributed by atoms with van der Waals surface area (Å²) in [5.74, 6) is -0.867. The minimum absolute atomic E-state index is 0.0131. The van der Waals surface area contributed by atoms with Gasteiger partial charge in [0, 0.05) is 18.0 Å². The number of fused-ring (bicyclic) bond motifs is 3. The Hall–Kier alpha value is -2.75. The van der Waals surface area contributed by atoms with Gasteiger partial charge in [-0.1, -0.05) is 25.1 Å². The third kappa shape index (κ3) is 4.21. The van der Waals surface area contributed by atoms with Crippen LogP contribution < -0.4 is 14.4 Å². The van der Waals surface area contributed by atoms with E-state index in [2.05, 4.69) is 5.32 Å². The fraction of sp³-hybridized carbons (Fsp3) is 0.318. The maximum Gasteiger partial charge on any atom is 0.341 e. The summed E-state index contributed by atoms with van der Waals surface area (Å²) >= 11 is -2.61. The Balaban J connectivity index is 1.84. The number of hydrogen-bond donors (Lipinski definition) is 3. The number of rotatable bonds is 8. The largest absolute Gasteiger partial charge is 0.492 e. The van der Waals surface area contributed by atoms with Gasteiger partial charge >= 0.3 is 5.97 Å². The minimum Gasteiger partial charge on any atom is -0.492 e. The van der Waals surface area contributed by atoms with Gasteiger partial charge in [0.15, 0.2) is 0 Å². The topological polar surface area (TPSA) is 99.1 Å². The highest BCUT2D eigenvalue weighted by molar-refractivity contribution is 7.81. The molecule has 1 fully saturated rings. The van der Waals surface area contributed by atoms with Crippen LogP contribution in [-0.2, 0) is 11.3 Å². The van der Waals surface area contributed by atoms with Gasteiger partial charge in [0.1, 0.15) is 17.1 Å². The molecule has 9 heteroatoms. The Kier molecular flexibility index (Phi) is 6.08. The second kappa shape index (κ2) is 8.78. The quantitative estimate of drug-likeness (QED) is 0.420. The number of aromatic carboxylic acids is 1. The molecule has 3 N–H and O–H groups in total. The molecule has 0 amide bonds. The van der Waals surface area contributed by atoms with Crippen molar-refractivity contribution in [1.29, 1.82) is 0 Å². The summed E-state index contributed by atoms with van der Waals surface area (Å²) in [7, 11) is 0. The number of carboxylic acid groups (broad SMARTS) is 1. The molecule has 1 aliphatic heterocycles. The van der Waals surface area contributed by atoms with Crippen LogP contribution in [0.4, 0.5) is 15.8 Å². The average Bonchev–Trinajstić information content (AvgIpc) is 3.52. The number of carboxylic acids is 1. The SMILES string of the molecule is CCNCC=Cc1cc(F)ccc1N(c1ccc2c(c1C(=O)O)OCC1CC21)S(=O)O. The van der Waals surface area contributed by atoms with Crippen molar-refractivity contribution in [2.24, 2.45) is 5.92 Å². The van der Waals surface area contributed by atoms with Crippen LogP contribution in [0.5, 0.6) is 5.75 Å². The van der Waals surface area contributed by atoms with Crippen LogP contribution in [0.3, 0.4) is 0 Å². The fourth-order valence-corrected chi connectivity index (χ4v) is 4.63. The molecule has 0 saturated heterocycles. The molecule has 0 spiro atoms. The number of nitrogens with zero attached hydrogens (tertiary/aromatic N) is 1. The predicted octanol–water partition coefficient (Wildman–Crippen LogP) is 3.92. The first-order chi connectivity index (χ1) is 14.9. The lowest BCUT2D eigenvalue weighted by Gasteiger charge is -2.27. The van der Waals surface area contributed by atoms with E-state index in [4.69, 9.17) is 4.74 Å². The van der Waals surface area contributed by atoms with Crippen LogP contribution in [0.15, 0.2) is 36.4 Å². The van der Waals surface area contributed by atoms with Crippen LogP contribution in [0, 0.1) is 11.7 Å². The number of halogens is 1. The summed E-state index contributed by atoms with van der Waals surface area (Å²) < 4.78 is 43.2. The third-order valence-electron chi connectivity index (χ3n) is 5.54. The summed E-state index contributed by atoms with van der Waals surface area (Å²) in [6.07, 6.45) is 4.34. The number of benzene rings is 2. The van der Waals surface area contributed by atoms with Gasteiger partial charge in [-0.25, -0.2) is 17.7 Å². The van der Waals surface area contributed by atoms with Gasteiger partial charge < -0.3 is 15.2 Å². The number of nitrogens with one attached hydrogen (secondary N) is 1. The first-order valence-electron chi connectivity index (χ1n) is 10.0. The molecule has 3 unspecified atom stereocenters.